The van der Waals surface area contributed by atoms with Crippen molar-refractivity contribution in [3.05, 3.63) is 23.8 Å². The van der Waals surface area contributed by atoms with Crippen LogP contribution in [0.5, 0.6) is 5.75 Å². The standard InChI is InChI=1S/C12H17NO3/c1-8(2)6-7-16-12(15)9-4-3-5-10(13)11(9)14/h3-5,8,14H,6-7,13H2,1-2H3. The number of nitrogen functional groups attached to an aromatic ring is 1. The van der Waals surface area contributed by atoms with E-state index in [4.69, 9.17) is 10.5 Å². The van der Waals surface area contributed by atoms with Crippen LogP contribution in [0.3, 0.4) is 0 Å². The summed E-state index contributed by atoms with van der Waals surface area (Å²) >= 11 is 0. The molecular weight excluding hydrogens is 206 g/mol. The Morgan fingerprint density at radius 2 is 2.19 bits per heavy atom. The molecule has 3 N–H and O–H groups in total. The molecule has 0 aliphatic heterocycles. The van der Waals surface area contributed by atoms with E-state index in [2.05, 4.69) is 0 Å². The molecule has 0 saturated heterocycles. The van der Waals surface area contributed by atoms with E-state index >= 15 is 0 Å². The second-order valence-electron chi connectivity index (χ2n) is 4.06. The van der Waals surface area contributed by atoms with E-state index in [1.165, 1.54) is 12.1 Å². The average molecular weight is 223 g/mol. The predicted molar refractivity (Wildman–Crippen MR) is 62.3 cm³/mol. The molecule has 0 fully saturated rings. The van der Waals surface area contributed by atoms with Crippen molar-refractivity contribution in [3.8, 4) is 5.75 Å². The number of nitrogens with two attached hydrogens (primary N) is 1. The van der Waals surface area contributed by atoms with Crippen LogP contribution in [0.25, 0.3) is 0 Å². The van der Waals surface area contributed by atoms with Crippen molar-refractivity contribution in [1.29, 1.82) is 0 Å². The minimum Gasteiger partial charge on any atom is -0.505 e. The zero-order chi connectivity index (χ0) is 12.1. The highest BCUT2D eigenvalue weighted by Gasteiger charge is 2.14. The van der Waals surface area contributed by atoms with E-state index in [0.717, 1.165) is 6.42 Å². The first-order valence-electron chi connectivity index (χ1n) is 5.27. The Kier molecular flexibility index (Phi) is 4.17. The largest absolute Gasteiger partial charge is 0.505 e. The van der Waals surface area contributed by atoms with Gasteiger partial charge in [-0.2, -0.15) is 0 Å². The van der Waals surface area contributed by atoms with E-state index in [9.17, 15) is 9.90 Å². The van der Waals surface area contributed by atoms with Crippen molar-refractivity contribution in [2.75, 3.05) is 12.3 Å². The van der Waals surface area contributed by atoms with Gasteiger partial charge in [0.05, 0.1) is 12.3 Å². The van der Waals surface area contributed by atoms with Gasteiger partial charge in [-0.25, -0.2) is 4.79 Å². The first-order valence-corrected chi connectivity index (χ1v) is 5.27. The molecule has 0 spiro atoms. The van der Waals surface area contributed by atoms with Gasteiger partial charge in [0.25, 0.3) is 0 Å². The molecule has 0 bridgehead atoms. The van der Waals surface area contributed by atoms with E-state index in [1.54, 1.807) is 6.07 Å². The number of carbonyl (C=O) groups excluding carboxylic acids is 1. The van der Waals surface area contributed by atoms with E-state index in [1.807, 2.05) is 13.8 Å². The van der Waals surface area contributed by atoms with Crippen molar-refractivity contribution in [2.45, 2.75) is 20.3 Å². The summed E-state index contributed by atoms with van der Waals surface area (Å²) in [6.45, 7) is 4.45. The molecule has 4 nitrogen and oxygen atoms in total. The Labute approximate surface area is 95.0 Å². The van der Waals surface area contributed by atoms with Crippen LogP contribution < -0.4 is 5.73 Å². The summed E-state index contributed by atoms with van der Waals surface area (Å²) in [5, 5.41) is 9.55. The van der Waals surface area contributed by atoms with Crippen LogP contribution >= 0.6 is 0 Å². The number of carbonyl (C=O) groups is 1. The fraction of sp³-hybridized carbons (Fsp3) is 0.417. The lowest BCUT2D eigenvalue weighted by Gasteiger charge is -2.08. The number of esters is 1. The molecule has 1 aromatic carbocycles. The SMILES string of the molecule is CC(C)CCOC(=O)c1cccc(N)c1O. The van der Waals surface area contributed by atoms with Gasteiger partial charge in [-0.15, -0.1) is 0 Å². The fourth-order valence-electron chi connectivity index (χ4n) is 1.19. The van der Waals surface area contributed by atoms with Gasteiger partial charge < -0.3 is 15.6 Å². The second kappa shape index (κ2) is 5.39. The summed E-state index contributed by atoms with van der Waals surface area (Å²) in [7, 11) is 0. The topological polar surface area (TPSA) is 72.5 Å². The molecule has 16 heavy (non-hydrogen) atoms. The molecule has 88 valence electrons. The van der Waals surface area contributed by atoms with Gasteiger partial charge in [0, 0.05) is 0 Å². The predicted octanol–water partition coefficient (Wildman–Crippen LogP) is 2.18. The molecule has 4 heteroatoms. The van der Waals surface area contributed by atoms with Gasteiger partial charge in [-0.05, 0) is 24.5 Å². The maximum atomic E-state index is 11.6. The van der Waals surface area contributed by atoms with Gasteiger partial charge in [0.2, 0.25) is 0 Å². The van der Waals surface area contributed by atoms with Crippen LogP contribution in [-0.4, -0.2) is 17.7 Å². The molecule has 0 aromatic heterocycles. The Morgan fingerprint density at radius 3 is 2.81 bits per heavy atom. The second-order valence-corrected chi connectivity index (χ2v) is 4.06. The van der Waals surface area contributed by atoms with Crippen molar-refractivity contribution in [3.63, 3.8) is 0 Å². The zero-order valence-electron chi connectivity index (χ0n) is 9.56. The summed E-state index contributed by atoms with van der Waals surface area (Å²) in [5.74, 6) is -0.273. The third-order valence-corrected chi connectivity index (χ3v) is 2.22. The van der Waals surface area contributed by atoms with Crippen LogP contribution in [0.4, 0.5) is 5.69 Å². The van der Waals surface area contributed by atoms with Crippen LogP contribution in [0.1, 0.15) is 30.6 Å². The Balaban J connectivity index is 2.63. The number of phenols is 1. The summed E-state index contributed by atoms with van der Waals surface area (Å²) in [6, 6.07) is 4.62. The summed E-state index contributed by atoms with van der Waals surface area (Å²) in [4.78, 5) is 11.6. The average Bonchev–Trinajstić information content (AvgIpc) is 2.21. The van der Waals surface area contributed by atoms with Crippen LogP contribution in [0, 0.1) is 5.92 Å². The molecule has 0 saturated carbocycles. The smallest absolute Gasteiger partial charge is 0.341 e. The molecular formula is C12H17NO3. The third kappa shape index (κ3) is 3.15. The number of hydrogen-bond donors (Lipinski definition) is 2. The highest BCUT2D eigenvalue weighted by molar-refractivity contribution is 5.94. The van der Waals surface area contributed by atoms with E-state index < -0.39 is 5.97 Å². The van der Waals surface area contributed by atoms with Crippen LogP contribution in [0.2, 0.25) is 0 Å². The van der Waals surface area contributed by atoms with E-state index in [0.29, 0.717) is 12.5 Å². The Hall–Kier alpha value is -1.71. The van der Waals surface area contributed by atoms with Crippen molar-refractivity contribution in [1.82, 2.24) is 0 Å². The number of para-hydroxylation sites is 1. The Morgan fingerprint density at radius 1 is 1.50 bits per heavy atom. The molecule has 0 unspecified atom stereocenters. The number of hydrogen-bond acceptors (Lipinski definition) is 4. The van der Waals surface area contributed by atoms with Crippen LogP contribution in [-0.2, 0) is 4.74 Å². The third-order valence-electron chi connectivity index (χ3n) is 2.22. The number of phenolic OH excluding ortho intramolecular Hbond substituents is 1. The Bertz CT molecular complexity index is 375. The minimum absolute atomic E-state index is 0.115. The fourth-order valence-corrected chi connectivity index (χ4v) is 1.19. The van der Waals surface area contributed by atoms with Gasteiger partial charge in [0.15, 0.2) is 5.75 Å². The molecule has 0 atom stereocenters. The molecule has 0 amide bonds. The van der Waals surface area contributed by atoms with Crippen molar-refractivity contribution < 1.29 is 14.6 Å². The molecule has 0 aliphatic rings. The van der Waals surface area contributed by atoms with E-state index in [-0.39, 0.29) is 17.0 Å². The summed E-state index contributed by atoms with van der Waals surface area (Å²) in [6.07, 6.45) is 0.800. The molecule has 0 heterocycles. The van der Waals surface area contributed by atoms with Gasteiger partial charge in [-0.3, -0.25) is 0 Å². The van der Waals surface area contributed by atoms with Gasteiger partial charge in [-0.1, -0.05) is 19.9 Å². The minimum atomic E-state index is -0.537. The maximum Gasteiger partial charge on any atom is 0.341 e. The molecule has 0 radical (unpaired) electrons. The van der Waals surface area contributed by atoms with Crippen LogP contribution in [0.15, 0.2) is 18.2 Å². The lowest BCUT2D eigenvalue weighted by atomic mass is 10.1. The number of benzene rings is 1. The highest BCUT2D eigenvalue weighted by atomic mass is 16.5. The number of ether oxygens (including phenoxy) is 1. The molecule has 0 aliphatic carbocycles. The molecule has 1 aromatic rings. The normalized spacial score (nSPS) is 10.4. The number of rotatable bonds is 4. The highest BCUT2D eigenvalue weighted by Crippen LogP contribution is 2.24. The number of anilines is 1. The summed E-state index contributed by atoms with van der Waals surface area (Å²) in [5.41, 5.74) is 5.77. The first kappa shape index (κ1) is 12.4. The van der Waals surface area contributed by atoms with Gasteiger partial charge in [0.1, 0.15) is 5.56 Å². The number of aromatic hydroxyl groups is 1. The monoisotopic (exact) mass is 223 g/mol. The lowest BCUT2D eigenvalue weighted by molar-refractivity contribution is 0.0485. The van der Waals surface area contributed by atoms with Gasteiger partial charge >= 0.3 is 5.97 Å². The first-order chi connectivity index (χ1) is 7.52. The zero-order valence-corrected chi connectivity index (χ0v) is 9.56. The van der Waals surface area contributed by atoms with Crippen molar-refractivity contribution >= 4 is 11.7 Å². The lowest BCUT2D eigenvalue weighted by Crippen LogP contribution is -2.08. The van der Waals surface area contributed by atoms with Crippen molar-refractivity contribution in [2.24, 2.45) is 5.92 Å². The quantitative estimate of drug-likeness (QED) is 0.466. The molecule has 1 rings (SSSR count). The summed E-state index contributed by atoms with van der Waals surface area (Å²) < 4.78 is 5.02. The maximum absolute atomic E-state index is 11.6.